The summed E-state index contributed by atoms with van der Waals surface area (Å²) in [6, 6.07) is 0. The summed E-state index contributed by atoms with van der Waals surface area (Å²) in [5, 5.41) is 3.85. The van der Waals surface area contributed by atoms with Gasteiger partial charge in [0, 0.05) is 6.42 Å². The summed E-state index contributed by atoms with van der Waals surface area (Å²) in [7, 11) is 1.35. The number of rotatable bonds is 4. The third-order valence-corrected chi connectivity index (χ3v) is 2.93. The van der Waals surface area contributed by atoms with E-state index in [4.69, 9.17) is 10.3 Å². The first-order valence-electron chi connectivity index (χ1n) is 5.33. The number of aryl methyl sites for hydroxylation is 1. The zero-order chi connectivity index (χ0) is 11.6. The molecule has 0 atom stereocenters. The third-order valence-electron chi connectivity index (χ3n) is 2.93. The maximum atomic E-state index is 10.9. The van der Waals surface area contributed by atoms with Crippen molar-refractivity contribution in [3.63, 3.8) is 0 Å². The van der Waals surface area contributed by atoms with Crippen LogP contribution in [0.2, 0.25) is 0 Å². The summed E-state index contributed by atoms with van der Waals surface area (Å²) < 4.78 is 9.56. The number of carbonyl (C=O) groups is 1. The SMILES string of the molecule is COC(=O)CCc1nc(C2(N)CCC2)no1. The molecule has 2 N–H and O–H groups in total. The van der Waals surface area contributed by atoms with Gasteiger partial charge in [-0.2, -0.15) is 4.98 Å². The average molecular weight is 225 g/mol. The number of hydrogen-bond acceptors (Lipinski definition) is 6. The maximum absolute atomic E-state index is 10.9. The van der Waals surface area contributed by atoms with Crippen molar-refractivity contribution in [2.45, 2.75) is 37.6 Å². The van der Waals surface area contributed by atoms with Crippen molar-refractivity contribution in [1.29, 1.82) is 0 Å². The van der Waals surface area contributed by atoms with Gasteiger partial charge in [-0.15, -0.1) is 0 Å². The third kappa shape index (κ3) is 2.06. The zero-order valence-electron chi connectivity index (χ0n) is 9.23. The Morgan fingerprint density at radius 2 is 2.38 bits per heavy atom. The van der Waals surface area contributed by atoms with Crippen molar-refractivity contribution in [3.8, 4) is 0 Å². The molecule has 1 aliphatic rings. The molecular weight excluding hydrogens is 210 g/mol. The minimum atomic E-state index is -0.410. The molecule has 0 amide bonds. The van der Waals surface area contributed by atoms with E-state index >= 15 is 0 Å². The predicted molar refractivity (Wildman–Crippen MR) is 54.4 cm³/mol. The lowest BCUT2D eigenvalue weighted by Crippen LogP contribution is -2.44. The molecule has 16 heavy (non-hydrogen) atoms. The quantitative estimate of drug-likeness (QED) is 0.751. The lowest BCUT2D eigenvalue weighted by atomic mass is 9.77. The van der Waals surface area contributed by atoms with Crippen LogP contribution < -0.4 is 5.73 Å². The first kappa shape index (κ1) is 11.1. The van der Waals surface area contributed by atoms with Crippen molar-refractivity contribution in [3.05, 3.63) is 11.7 Å². The predicted octanol–water partition coefficient (Wildman–Crippen LogP) is 0.513. The minimum Gasteiger partial charge on any atom is -0.469 e. The van der Waals surface area contributed by atoms with Crippen LogP contribution in [0.25, 0.3) is 0 Å². The van der Waals surface area contributed by atoms with E-state index in [-0.39, 0.29) is 12.4 Å². The van der Waals surface area contributed by atoms with Gasteiger partial charge < -0.3 is 15.0 Å². The van der Waals surface area contributed by atoms with Crippen molar-refractivity contribution in [2.75, 3.05) is 7.11 Å². The molecule has 0 aliphatic heterocycles. The van der Waals surface area contributed by atoms with Crippen molar-refractivity contribution in [1.82, 2.24) is 10.1 Å². The number of carbonyl (C=O) groups excluding carboxylic acids is 1. The molecule has 1 aromatic heterocycles. The van der Waals surface area contributed by atoms with Crippen LogP contribution in [-0.2, 0) is 21.5 Å². The van der Waals surface area contributed by atoms with Gasteiger partial charge in [-0.1, -0.05) is 5.16 Å². The summed E-state index contributed by atoms with van der Waals surface area (Å²) in [4.78, 5) is 15.1. The number of aromatic nitrogens is 2. The van der Waals surface area contributed by atoms with Crippen molar-refractivity contribution >= 4 is 5.97 Å². The van der Waals surface area contributed by atoms with Gasteiger partial charge in [-0.3, -0.25) is 4.79 Å². The highest BCUT2D eigenvalue weighted by atomic mass is 16.5. The van der Waals surface area contributed by atoms with Gasteiger partial charge in [-0.25, -0.2) is 0 Å². The van der Waals surface area contributed by atoms with Crippen LogP contribution in [0.1, 0.15) is 37.4 Å². The molecule has 0 spiro atoms. The molecule has 0 radical (unpaired) electrons. The smallest absolute Gasteiger partial charge is 0.306 e. The number of methoxy groups -OCH3 is 1. The second-order valence-corrected chi connectivity index (χ2v) is 4.10. The van der Waals surface area contributed by atoms with E-state index in [0.717, 1.165) is 19.3 Å². The second-order valence-electron chi connectivity index (χ2n) is 4.10. The maximum Gasteiger partial charge on any atom is 0.306 e. The van der Waals surface area contributed by atoms with E-state index in [1.807, 2.05) is 0 Å². The van der Waals surface area contributed by atoms with Gasteiger partial charge in [-0.05, 0) is 19.3 Å². The second kappa shape index (κ2) is 4.21. The van der Waals surface area contributed by atoms with Crippen molar-refractivity contribution < 1.29 is 14.1 Å². The summed E-state index contributed by atoms with van der Waals surface area (Å²) in [6.07, 6.45) is 3.53. The summed E-state index contributed by atoms with van der Waals surface area (Å²) in [5.74, 6) is 0.710. The van der Waals surface area contributed by atoms with Crippen LogP contribution in [0.15, 0.2) is 4.52 Å². The van der Waals surface area contributed by atoms with E-state index < -0.39 is 5.54 Å². The van der Waals surface area contributed by atoms with E-state index in [9.17, 15) is 4.79 Å². The molecule has 6 heteroatoms. The summed E-state index contributed by atoms with van der Waals surface area (Å²) in [5.41, 5.74) is 5.63. The Balaban J connectivity index is 1.94. The van der Waals surface area contributed by atoms with Crippen molar-refractivity contribution in [2.24, 2.45) is 5.73 Å². The zero-order valence-corrected chi connectivity index (χ0v) is 9.23. The van der Waals surface area contributed by atoms with E-state index in [1.54, 1.807) is 0 Å². The number of ether oxygens (including phenoxy) is 1. The molecule has 0 aromatic carbocycles. The van der Waals surface area contributed by atoms with Gasteiger partial charge in [0.1, 0.15) is 0 Å². The van der Waals surface area contributed by atoms with Crippen LogP contribution in [0.5, 0.6) is 0 Å². The van der Waals surface area contributed by atoms with Crippen LogP contribution >= 0.6 is 0 Å². The molecular formula is C10H15N3O3. The highest BCUT2D eigenvalue weighted by molar-refractivity contribution is 5.69. The topological polar surface area (TPSA) is 91.2 Å². The molecule has 0 saturated heterocycles. The highest BCUT2D eigenvalue weighted by Crippen LogP contribution is 2.36. The Bertz CT molecular complexity index is 384. The van der Waals surface area contributed by atoms with Gasteiger partial charge in [0.05, 0.1) is 19.1 Å². The molecule has 1 heterocycles. The normalized spacial score (nSPS) is 17.9. The summed E-state index contributed by atoms with van der Waals surface area (Å²) >= 11 is 0. The number of nitrogens with two attached hydrogens (primary N) is 1. The van der Waals surface area contributed by atoms with Gasteiger partial charge in [0.15, 0.2) is 5.82 Å². The first-order valence-corrected chi connectivity index (χ1v) is 5.33. The molecule has 0 unspecified atom stereocenters. The summed E-state index contributed by atoms with van der Waals surface area (Å²) in [6.45, 7) is 0. The molecule has 2 rings (SSSR count). The monoisotopic (exact) mass is 225 g/mol. The molecule has 6 nitrogen and oxygen atoms in total. The van der Waals surface area contributed by atoms with Crippen LogP contribution in [0.3, 0.4) is 0 Å². The van der Waals surface area contributed by atoms with Crippen LogP contribution in [0, 0.1) is 0 Å². The standard InChI is InChI=1S/C10H15N3O3/c1-15-8(14)4-3-7-12-9(13-16-7)10(11)5-2-6-10/h2-6,11H2,1H3. The first-order chi connectivity index (χ1) is 7.64. The minimum absolute atomic E-state index is 0.246. The Morgan fingerprint density at radius 1 is 1.62 bits per heavy atom. The fourth-order valence-corrected chi connectivity index (χ4v) is 1.65. The van der Waals surface area contributed by atoms with Gasteiger partial charge in [0.25, 0.3) is 0 Å². The molecule has 1 fully saturated rings. The van der Waals surface area contributed by atoms with Crippen LogP contribution in [-0.4, -0.2) is 23.2 Å². The van der Waals surface area contributed by atoms with Crippen LogP contribution in [0.4, 0.5) is 0 Å². The Morgan fingerprint density at radius 3 is 2.94 bits per heavy atom. The molecule has 1 aliphatic carbocycles. The molecule has 88 valence electrons. The lowest BCUT2D eigenvalue weighted by Gasteiger charge is -2.34. The van der Waals surface area contributed by atoms with Gasteiger partial charge in [0.2, 0.25) is 5.89 Å². The number of nitrogens with zero attached hydrogens (tertiary/aromatic N) is 2. The van der Waals surface area contributed by atoms with Gasteiger partial charge >= 0.3 is 5.97 Å². The number of hydrogen-bond donors (Lipinski definition) is 1. The average Bonchev–Trinajstić information content (AvgIpc) is 2.71. The largest absolute Gasteiger partial charge is 0.469 e. The fraction of sp³-hybridized carbons (Fsp3) is 0.700. The Labute approximate surface area is 93.1 Å². The molecule has 1 saturated carbocycles. The van der Waals surface area contributed by atoms with E-state index in [2.05, 4.69) is 14.9 Å². The van der Waals surface area contributed by atoms with E-state index in [0.29, 0.717) is 18.1 Å². The fourth-order valence-electron chi connectivity index (χ4n) is 1.65. The highest BCUT2D eigenvalue weighted by Gasteiger charge is 2.38. The van der Waals surface area contributed by atoms with E-state index in [1.165, 1.54) is 7.11 Å². The Hall–Kier alpha value is -1.43. The number of esters is 1. The Kier molecular flexibility index (Phi) is 2.91. The molecule has 1 aromatic rings. The molecule has 0 bridgehead atoms. The lowest BCUT2D eigenvalue weighted by molar-refractivity contribution is -0.140.